The molecule has 3 rings (SSSR count). The molecule has 1 amide bonds. The number of hydrogen-bond donors (Lipinski definition) is 2. The van der Waals surface area contributed by atoms with Crippen LogP contribution in [0.1, 0.15) is 10.4 Å². The molecule has 1 aromatic heterocycles. The number of aromatic nitrogens is 1. The molecule has 3 aromatic rings. The fourth-order valence-corrected chi connectivity index (χ4v) is 2.42. The van der Waals surface area contributed by atoms with Gasteiger partial charge in [-0.3, -0.25) is 4.79 Å². The highest BCUT2D eigenvalue weighted by Gasteiger charge is 2.17. The summed E-state index contributed by atoms with van der Waals surface area (Å²) in [4.78, 5) is 15.4. The van der Waals surface area contributed by atoms with Gasteiger partial charge in [0.05, 0.1) is 31.0 Å². The maximum absolute atomic E-state index is 13.7. The predicted molar refractivity (Wildman–Crippen MR) is 85.7 cm³/mol. The quantitative estimate of drug-likeness (QED) is 0.765. The number of benzene rings is 2. The van der Waals surface area contributed by atoms with E-state index in [2.05, 4.69) is 10.3 Å². The fraction of sp³-hybridized carbons (Fsp3) is 0.118. The van der Waals surface area contributed by atoms with Crippen molar-refractivity contribution in [2.24, 2.45) is 0 Å². The van der Waals surface area contributed by atoms with E-state index in [1.807, 2.05) is 0 Å². The van der Waals surface area contributed by atoms with Crippen molar-refractivity contribution in [1.29, 1.82) is 0 Å². The lowest BCUT2D eigenvalue weighted by Crippen LogP contribution is -2.12. The summed E-state index contributed by atoms with van der Waals surface area (Å²) in [5.41, 5.74) is 0.864. The van der Waals surface area contributed by atoms with Crippen LogP contribution in [0.25, 0.3) is 10.9 Å². The normalized spacial score (nSPS) is 10.7. The maximum atomic E-state index is 13.7. The molecule has 0 unspecified atom stereocenters. The number of nitrogens with one attached hydrogen (secondary N) is 2. The van der Waals surface area contributed by atoms with E-state index in [-0.39, 0.29) is 5.69 Å². The van der Waals surface area contributed by atoms with E-state index in [9.17, 15) is 13.6 Å². The van der Waals surface area contributed by atoms with Crippen LogP contribution in [0, 0.1) is 11.6 Å². The summed E-state index contributed by atoms with van der Waals surface area (Å²) in [5, 5.41) is 3.02. The lowest BCUT2D eigenvalue weighted by atomic mass is 10.1. The first-order valence-electron chi connectivity index (χ1n) is 7.03. The Bertz CT molecular complexity index is 922. The third-order valence-electron chi connectivity index (χ3n) is 3.61. The summed E-state index contributed by atoms with van der Waals surface area (Å²) in [5.74, 6) is -1.11. The molecular formula is C17H14F2N2O3. The molecular weight excluding hydrogens is 318 g/mol. The van der Waals surface area contributed by atoms with Crippen molar-refractivity contribution in [1.82, 2.24) is 4.98 Å². The number of rotatable bonds is 4. The lowest BCUT2D eigenvalue weighted by Gasteiger charge is -2.09. The second-order valence-corrected chi connectivity index (χ2v) is 5.03. The minimum absolute atomic E-state index is 0.101. The monoisotopic (exact) mass is 332 g/mol. The Kier molecular flexibility index (Phi) is 4.07. The van der Waals surface area contributed by atoms with Gasteiger partial charge >= 0.3 is 0 Å². The first-order valence-corrected chi connectivity index (χ1v) is 7.03. The van der Waals surface area contributed by atoms with Crippen molar-refractivity contribution in [3.05, 3.63) is 53.7 Å². The minimum atomic E-state index is -0.845. The molecule has 0 bridgehead atoms. The summed E-state index contributed by atoms with van der Waals surface area (Å²) in [6.07, 6.45) is 1.50. The summed E-state index contributed by atoms with van der Waals surface area (Å²) in [6.45, 7) is 0. The van der Waals surface area contributed by atoms with Crippen LogP contribution >= 0.6 is 0 Å². The smallest absolute Gasteiger partial charge is 0.257 e. The number of hydrogen-bond acceptors (Lipinski definition) is 3. The third-order valence-corrected chi connectivity index (χ3v) is 3.61. The number of methoxy groups -OCH3 is 2. The molecule has 0 fully saturated rings. The van der Waals surface area contributed by atoms with Gasteiger partial charge in [0.15, 0.2) is 11.5 Å². The first kappa shape index (κ1) is 15.8. The van der Waals surface area contributed by atoms with Crippen molar-refractivity contribution < 1.29 is 23.0 Å². The summed E-state index contributed by atoms with van der Waals surface area (Å²) in [7, 11) is 3.00. The minimum Gasteiger partial charge on any atom is -0.493 e. The Morgan fingerprint density at radius 3 is 2.46 bits per heavy atom. The van der Waals surface area contributed by atoms with E-state index < -0.39 is 17.5 Å². The molecule has 2 N–H and O–H groups in total. The largest absolute Gasteiger partial charge is 0.493 e. The van der Waals surface area contributed by atoms with Crippen molar-refractivity contribution in [2.75, 3.05) is 19.5 Å². The number of carbonyl (C=O) groups excluding carboxylic acids is 1. The lowest BCUT2D eigenvalue weighted by molar-refractivity contribution is 0.102. The van der Waals surface area contributed by atoms with E-state index in [0.717, 1.165) is 6.07 Å². The number of halogens is 2. The molecule has 0 aliphatic carbocycles. The highest BCUT2D eigenvalue weighted by molar-refractivity contribution is 6.13. The fourth-order valence-electron chi connectivity index (χ4n) is 2.42. The molecule has 1 heterocycles. The number of aromatic amines is 1. The third kappa shape index (κ3) is 2.76. The Morgan fingerprint density at radius 1 is 1.08 bits per heavy atom. The molecule has 2 aromatic carbocycles. The molecule has 124 valence electrons. The zero-order chi connectivity index (χ0) is 17.3. The van der Waals surface area contributed by atoms with Crippen molar-refractivity contribution in [3.8, 4) is 11.5 Å². The molecule has 7 heteroatoms. The highest BCUT2D eigenvalue weighted by atomic mass is 19.1. The average molecular weight is 332 g/mol. The van der Waals surface area contributed by atoms with Gasteiger partial charge in [-0.2, -0.15) is 0 Å². The molecule has 0 aliphatic rings. The average Bonchev–Trinajstić information content (AvgIpc) is 2.98. The number of fused-ring (bicyclic) bond motifs is 1. The van der Waals surface area contributed by atoms with Gasteiger partial charge in [-0.25, -0.2) is 8.78 Å². The van der Waals surface area contributed by atoms with E-state index in [1.54, 1.807) is 12.1 Å². The summed E-state index contributed by atoms with van der Waals surface area (Å²) in [6, 6.07) is 6.30. The Labute approximate surface area is 136 Å². The molecule has 0 atom stereocenters. The van der Waals surface area contributed by atoms with Gasteiger partial charge in [-0.05, 0) is 18.2 Å². The summed E-state index contributed by atoms with van der Waals surface area (Å²) < 4.78 is 37.1. The topological polar surface area (TPSA) is 63.4 Å². The van der Waals surface area contributed by atoms with Crippen LogP contribution < -0.4 is 14.8 Å². The number of amides is 1. The number of carbonyl (C=O) groups is 1. The molecule has 0 saturated heterocycles. The van der Waals surface area contributed by atoms with Gasteiger partial charge in [0, 0.05) is 23.7 Å². The highest BCUT2D eigenvalue weighted by Crippen LogP contribution is 2.33. The van der Waals surface area contributed by atoms with Crippen LogP contribution in [0.15, 0.2) is 36.5 Å². The second kappa shape index (κ2) is 6.19. The molecule has 0 spiro atoms. The first-order chi connectivity index (χ1) is 11.5. The Balaban J connectivity index is 1.98. The Morgan fingerprint density at radius 2 is 1.79 bits per heavy atom. The zero-order valence-electron chi connectivity index (χ0n) is 12.9. The zero-order valence-corrected chi connectivity index (χ0v) is 12.9. The van der Waals surface area contributed by atoms with E-state index in [4.69, 9.17) is 9.47 Å². The van der Waals surface area contributed by atoms with Crippen molar-refractivity contribution >= 4 is 22.5 Å². The van der Waals surface area contributed by atoms with Gasteiger partial charge in [0.25, 0.3) is 5.91 Å². The second-order valence-electron chi connectivity index (χ2n) is 5.03. The van der Waals surface area contributed by atoms with E-state index >= 15 is 0 Å². The predicted octanol–water partition coefficient (Wildman–Crippen LogP) is 3.72. The Hall–Kier alpha value is -3.09. The molecule has 0 radical (unpaired) electrons. The van der Waals surface area contributed by atoms with Crippen LogP contribution in [-0.4, -0.2) is 25.1 Å². The SMILES string of the molecule is COc1cc2[nH]cc(C(=O)Nc3ccc(F)cc3F)c2cc1OC. The van der Waals surface area contributed by atoms with Gasteiger partial charge in [-0.1, -0.05) is 0 Å². The van der Waals surface area contributed by atoms with Crippen molar-refractivity contribution in [3.63, 3.8) is 0 Å². The van der Waals surface area contributed by atoms with Crippen LogP contribution in [0.3, 0.4) is 0 Å². The molecule has 24 heavy (non-hydrogen) atoms. The van der Waals surface area contributed by atoms with Gasteiger partial charge in [0.1, 0.15) is 11.6 Å². The van der Waals surface area contributed by atoms with Crippen LogP contribution in [-0.2, 0) is 0 Å². The summed E-state index contributed by atoms with van der Waals surface area (Å²) >= 11 is 0. The number of ether oxygens (including phenoxy) is 2. The molecule has 5 nitrogen and oxygen atoms in total. The number of anilines is 1. The standard InChI is InChI=1S/C17H14F2N2O3/c1-23-15-6-10-11(8-20-14(10)7-16(15)24-2)17(22)21-13-4-3-9(18)5-12(13)19/h3-8,20H,1-2H3,(H,21,22). The number of H-pyrrole nitrogens is 1. The maximum Gasteiger partial charge on any atom is 0.257 e. The molecule has 0 aliphatic heterocycles. The van der Waals surface area contributed by atoms with Crippen LogP contribution in [0.5, 0.6) is 11.5 Å². The van der Waals surface area contributed by atoms with Crippen LogP contribution in [0.2, 0.25) is 0 Å². The van der Waals surface area contributed by atoms with Crippen molar-refractivity contribution in [2.45, 2.75) is 0 Å². The van der Waals surface area contributed by atoms with Gasteiger partial charge in [-0.15, -0.1) is 0 Å². The van der Waals surface area contributed by atoms with E-state index in [0.29, 0.717) is 34.0 Å². The van der Waals surface area contributed by atoms with E-state index in [1.165, 1.54) is 26.5 Å². The van der Waals surface area contributed by atoms with Gasteiger partial charge < -0.3 is 19.8 Å². The van der Waals surface area contributed by atoms with Crippen LogP contribution in [0.4, 0.5) is 14.5 Å². The molecule has 0 saturated carbocycles. The van der Waals surface area contributed by atoms with Gasteiger partial charge in [0.2, 0.25) is 0 Å².